The lowest BCUT2D eigenvalue weighted by Crippen LogP contribution is -2.32. The number of carbonyl (C=O) groups is 2. The number of hydrogen-bond acceptors (Lipinski definition) is 6. The summed E-state index contributed by atoms with van der Waals surface area (Å²) in [6.07, 6.45) is 0. The predicted octanol–water partition coefficient (Wildman–Crippen LogP) is 2.58. The Hall–Kier alpha value is -3.42. The van der Waals surface area contributed by atoms with Crippen molar-refractivity contribution < 1.29 is 28.5 Å². The van der Waals surface area contributed by atoms with Crippen LogP contribution in [0.2, 0.25) is 0 Å². The summed E-state index contributed by atoms with van der Waals surface area (Å²) >= 11 is 0. The number of hydrogen-bond donors (Lipinski definition) is 2. The van der Waals surface area contributed by atoms with E-state index in [1.54, 1.807) is 36.4 Å². The topological polar surface area (TPSA) is 95.1 Å². The number of amides is 2. The fraction of sp³-hybridized carbons (Fsp3) is 0.300. The van der Waals surface area contributed by atoms with Gasteiger partial charge in [-0.15, -0.1) is 0 Å². The molecule has 0 bridgehead atoms. The quantitative estimate of drug-likeness (QED) is 0.724. The van der Waals surface area contributed by atoms with E-state index in [9.17, 15) is 9.59 Å². The minimum absolute atomic E-state index is 0.134. The molecule has 0 spiro atoms. The van der Waals surface area contributed by atoms with Crippen LogP contribution in [0.4, 0.5) is 5.69 Å². The van der Waals surface area contributed by atoms with Gasteiger partial charge >= 0.3 is 0 Å². The normalized spacial score (nSPS) is 11.6. The van der Waals surface area contributed by atoms with Gasteiger partial charge in [-0.3, -0.25) is 9.59 Å². The van der Waals surface area contributed by atoms with Gasteiger partial charge in [0.1, 0.15) is 0 Å². The third-order valence-corrected chi connectivity index (χ3v) is 3.87. The second kappa shape index (κ2) is 8.98. The molecule has 1 heterocycles. The van der Waals surface area contributed by atoms with Crippen LogP contribution in [0.1, 0.15) is 24.2 Å². The summed E-state index contributed by atoms with van der Waals surface area (Å²) < 4.78 is 21.5. The number of nitrogens with one attached hydrogen (secondary N) is 2. The van der Waals surface area contributed by atoms with E-state index in [4.69, 9.17) is 18.9 Å². The van der Waals surface area contributed by atoms with Crippen molar-refractivity contribution in [2.45, 2.75) is 13.8 Å². The lowest BCUT2D eigenvalue weighted by molar-refractivity contribution is -0.115. The maximum atomic E-state index is 12.2. The second-order valence-electron chi connectivity index (χ2n) is 5.83. The van der Waals surface area contributed by atoms with Gasteiger partial charge in [0.25, 0.3) is 5.91 Å². The van der Waals surface area contributed by atoms with E-state index in [2.05, 4.69) is 10.6 Å². The van der Waals surface area contributed by atoms with Gasteiger partial charge in [0.2, 0.25) is 12.7 Å². The van der Waals surface area contributed by atoms with Crippen LogP contribution >= 0.6 is 0 Å². The van der Waals surface area contributed by atoms with Gasteiger partial charge in [-0.2, -0.15) is 0 Å². The van der Waals surface area contributed by atoms with Gasteiger partial charge in [0, 0.05) is 17.3 Å². The van der Waals surface area contributed by atoms with Gasteiger partial charge in [-0.05, 0) is 44.2 Å². The summed E-state index contributed by atoms with van der Waals surface area (Å²) in [5.74, 6) is 1.52. The third kappa shape index (κ3) is 4.64. The highest BCUT2D eigenvalue weighted by atomic mass is 16.7. The first-order chi connectivity index (χ1) is 13.6. The molecule has 3 rings (SSSR count). The van der Waals surface area contributed by atoms with Crippen LogP contribution in [-0.2, 0) is 4.79 Å². The maximum Gasteiger partial charge on any atom is 0.251 e. The second-order valence-corrected chi connectivity index (χ2v) is 5.83. The first kappa shape index (κ1) is 19.3. The average Bonchev–Trinajstić information content (AvgIpc) is 3.16. The molecule has 8 nitrogen and oxygen atoms in total. The molecular weight excluding hydrogens is 364 g/mol. The highest BCUT2D eigenvalue weighted by molar-refractivity contribution is 5.99. The van der Waals surface area contributed by atoms with Crippen molar-refractivity contribution in [1.29, 1.82) is 0 Å². The average molecular weight is 386 g/mol. The lowest BCUT2D eigenvalue weighted by atomic mass is 10.2. The highest BCUT2D eigenvalue weighted by Crippen LogP contribution is 2.32. The van der Waals surface area contributed by atoms with Gasteiger partial charge in [0.15, 0.2) is 23.0 Å². The SMILES string of the molecule is CCOc1ccc(NC(=O)CNC(=O)c2ccc3c(c2)OCO3)cc1OCC. The summed E-state index contributed by atoms with van der Waals surface area (Å²) in [5, 5.41) is 5.30. The largest absolute Gasteiger partial charge is 0.490 e. The Morgan fingerprint density at radius 3 is 2.50 bits per heavy atom. The molecule has 0 aliphatic carbocycles. The number of rotatable bonds is 8. The Morgan fingerprint density at radius 2 is 1.71 bits per heavy atom. The molecule has 1 aliphatic heterocycles. The minimum Gasteiger partial charge on any atom is -0.490 e. The molecule has 2 N–H and O–H groups in total. The van der Waals surface area contributed by atoms with Gasteiger partial charge in [-0.25, -0.2) is 0 Å². The molecule has 2 amide bonds. The molecule has 0 fully saturated rings. The predicted molar refractivity (Wildman–Crippen MR) is 102 cm³/mol. The molecule has 0 atom stereocenters. The Morgan fingerprint density at radius 1 is 0.964 bits per heavy atom. The van der Waals surface area contributed by atoms with Gasteiger partial charge < -0.3 is 29.6 Å². The molecule has 0 saturated carbocycles. The minimum atomic E-state index is -0.379. The van der Waals surface area contributed by atoms with Crippen molar-refractivity contribution >= 4 is 17.5 Å². The summed E-state index contributed by atoms with van der Waals surface area (Å²) in [6, 6.07) is 9.98. The van der Waals surface area contributed by atoms with Crippen LogP contribution in [0.15, 0.2) is 36.4 Å². The fourth-order valence-electron chi connectivity index (χ4n) is 2.63. The number of benzene rings is 2. The summed E-state index contributed by atoms with van der Waals surface area (Å²) in [4.78, 5) is 24.4. The van der Waals surface area contributed by atoms with Crippen LogP contribution in [0, 0.1) is 0 Å². The molecule has 0 radical (unpaired) electrons. The van der Waals surface area contributed by atoms with Gasteiger partial charge in [-0.1, -0.05) is 0 Å². The molecule has 8 heteroatoms. The van der Waals surface area contributed by atoms with Crippen LogP contribution in [-0.4, -0.2) is 38.4 Å². The van der Waals surface area contributed by atoms with Crippen molar-refractivity contribution in [3.8, 4) is 23.0 Å². The summed E-state index contributed by atoms with van der Waals surface area (Å²) in [7, 11) is 0. The van der Waals surface area contributed by atoms with E-state index in [0.717, 1.165) is 0 Å². The number of fused-ring (bicyclic) bond motifs is 1. The van der Waals surface area contributed by atoms with E-state index in [0.29, 0.717) is 47.5 Å². The molecule has 28 heavy (non-hydrogen) atoms. The number of carbonyl (C=O) groups excluding carboxylic acids is 2. The standard InChI is InChI=1S/C20H22N2O6/c1-3-25-15-8-6-14(10-18(15)26-4-2)22-19(23)11-21-20(24)13-5-7-16-17(9-13)28-12-27-16/h5-10H,3-4,11-12H2,1-2H3,(H,21,24)(H,22,23). The number of ether oxygens (including phenoxy) is 4. The van der Waals surface area contributed by atoms with Crippen molar-refractivity contribution in [2.24, 2.45) is 0 Å². The third-order valence-electron chi connectivity index (χ3n) is 3.87. The summed E-state index contributed by atoms with van der Waals surface area (Å²) in [5.41, 5.74) is 0.936. The first-order valence-corrected chi connectivity index (χ1v) is 8.98. The Bertz CT molecular complexity index is 868. The Balaban J connectivity index is 1.56. The Kier molecular flexibility index (Phi) is 6.21. The van der Waals surface area contributed by atoms with E-state index >= 15 is 0 Å². The van der Waals surface area contributed by atoms with Crippen LogP contribution < -0.4 is 29.6 Å². The monoisotopic (exact) mass is 386 g/mol. The van der Waals surface area contributed by atoms with Gasteiger partial charge in [0.05, 0.1) is 19.8 Å². The zero-order valence-electron chi connectivity index (χ0n) is 15.7. The molecule has 0 aromatic heterocycles. The van der Waals surface area contributed by atoms with Crippen LogP contribution in [0.25, 0.3) is 0 Å². The molecule has 0 unspecified atom stereocenters. The van der Waals surface area contributed by atoms with E-state index in [-0.39, 0.29) is 25.2 Å². The Labute approximate surface area is 162 Å². The number of anilines is 1. The molecule has 2 aromatic carbocycles. The van der Waals surface area contributed by atoms with E-state index in [1.165, 1.54) is 0 Å². The van der Waals surface area contributed by atoms with Crippen LogP contribution in [0.5, 0.6) is 23.0 Å². The molecule has 2 aromatic rings. The molecule has 148 valence electrons. The fourth-order valence-corrected chi connectivity index (χ4v) is 2.63. The van der Waals surface area contributed by atoms with Crippen LogP contribution in [0.3, 0.4) is 0 Å². The molecular formula is C20H22N2O6. The zero-order chi connectivity index (χ0) is 19.9. The van der Waals surface area contributed by atoms with Crippen molar-refractivity contribution in [3.63, 3.8) is 0 Å². The first-order valence-electron chi connectivity index (χ1n) is 8.98. The van der Waals surface area contributed by atoms with E-state index < -0.39 is 0 Å². The molecule has 0 saturated heterocycles. The van der Waals surface area contributed by atoms with E-state index in [1.807, 2.05) is 13.8 Å². The van der Waals surface area contributed by atoms with Crippen molar-refractivity contribution in [3.05, 3.63) is 42.0 Å². The van der Waals surface area contributed by atoms with Crippen molar-refractivity contribution in [2.75, 3.05) is 31.9 Å². The lowest BCUT2D eigenvalue weighted by Gasteiger charge is -2.13. The maximum absolute atomic E-state index is 12.2. The zero-order valence-corrected chi connectivity index (χ0v) is 15.7. The highest BCUT2D eigenvalue weighted by Gasteiger charge is 2.17. The summed E-state index contributed by atoms with van der Waals surface area (Å²) in [6.45, 7) is 4.70. The van der Waals surface area contributed by atoms with Crippen molar-refractivity contribution in [1.82, 2.24) is 5.32 Å². The smallest absolute Gasteiger partial charge is 0.251 e. The molecule has 1 aliphatic rings.